The molecule has 1 aromatic carbocycles. The van der Waals surface area contributed by atoms with Crippen LogP contribution in [-0.4, -0.2) is 54.6 Å². The van der Waals surface area contributed by atoms with E-state index in [4.69, 9.17) is 0 Å². The molecule has 0 aromatic heterocycles. The van der Waals surface area contributed by atoms with Gasteiger partial charge in [-0.3, -0.25) is 4.79 Å². The molecule has 0 spiro atoms. The summed E-state index contributed by atoms with van der Waals surface area (Å²) in [5.74, 6) is 0.111. The second-order valence-electron chi connectivity index (χ2n) is 4.19. The van der Waals surface area contributed by atoms with Crippen molar-refractivity contribution in [3.05, 3.63) is 30.3 Å². The average molecular weight is 251 g/mol. The van der Waals surface area contributed by atoms with Crippen LogP contribution >= 0.6 is 0 Å². The van der Waals surface area contributed by atoms with Crippen LogP contribution in [0.3, 0.4) is 0 Å². The van der Waals surface area contributed by atoms with Gasteiger partial charge in [-0.25, -0.2) is 0 Å². The molecule has 5 N–H and O–H groups in total. The standard InChI is InChI=1S/C12H16BN2O.2H2O/c1-10-9-15(8-7-14-10)12(16)13-11-5-3-2-4-6-11;;/h2-6,10,14H,7-9H2,1H3;2*1H2. The minimum atomic E-state index is 0. The van der Waals surface area contributed by atoms with E-state index in [9.17, 15) is 4.79 Å². The van der Waals surface area contributed by atoms with Gasteiger partial charge in [0.1, 0.15) is 0 Å². The number of nitrogens with one attached hydrogen (secondary N) is 1. The molecule has 2 rings (SSSR count). The van der Waals surface area contributed by atoms with Crippen molar-refractivity contribution in [2.24, 2.45) is 0 Å². The minimum Gasteiger partial charge on any atom is -0.412 e. The molecule has 1 radical (unpaired) electrons. The van der Waals surface area contributed by atoms with E-state index < -0.39 is 0 Å². The van der Waals surface area contributed by atoms with Crippen LogP contribution in [0.5, 0.6) is 0 Å². The van der Waals surface area contributed by atoms with Gasteiger partial charge in [-0.2, -0.15) is 0 Å². The highest BCUT2D eigenvalue weighted by Gasteiger charge is 2.20. The Balaban J connectivity index is 0.00000144. The normalized spacial score (nSPS) is 18.3. The van der Waals surface area contributed by atoms with Crippen LogP contribution in [0, 0.1) is 0 Å². The highest BCUT2D eigenvalue weighted by Crippen LogP contribution is 1.99. The zero-order valence-electron chi connectivity index (χ0n) is 10.5. The van der Waals surface area contributed by atoms with E-state index >= 15 is 0 Å². The molecule has 1 heterocycles. The summed E-state index contributed by atoms with van der Waals surface area (Å²) in [5, 5.41) is 3.32. The summed E-state index contributed by atoms with van der Waals surface area (Å²) >= 11 is 0. The Hall–Kier alpha value is -1.37. The number of amides is 1. The first kappa shape index (κ1) is 16.6. The van der Waals surface area contributed by atoms with Crippen LogP contribution in [0.15, 0.2) is 30.3 Å². The van der Waals surface area contributed by atoms with Crippen molar-refractivity contribution in [2.45, 2.75) is 13.0 Å². The van der Waals surface area contributed by atoms with E-state index in [1.807, 2.05) is 35.2 Å². The number of piperazine rings is 1. The van der Waals surface area contributed by atoms with Crippen LogP contribution in [-0.2, 0) is 0 Å². The molecule has 0 saturated carbocycles. The molecule has 1 fully saturated rings. The molecule has 99 valence electrons. The van der Waals surface area contributed by atoms with Crippen molar-refractivity contribution < 1.29 is 15.7 Å². The molecule has 1 amide bonds. The molecule has 1 aliphatic rings. The zero-order valence-corrected chi connectivity index (χ0v) is 10.5. The largest absolute Gasteiger partial charge is 0.412 e. The number of hydrogen-bond donors (Lipinski definition) is 1. The SMILES string of the molecule is CC1CN(C(=O)[B]c2ccccc2)CCN1.O.O. The molecule has 1 saturated heterocycles. The van der Waals surface area contributed by atoms with Gasteiger partial charge in [0.25, 0.3) is 7.28 Å². The van der Waals surface area contributed by atoms with Crippen LogP contribution in [0.4, 0.5) is 4.79 Å². The molecule has 1 aromatic rings. The lowest BCUT2D eigenvalue weighted by Gasteiger charge is -2.32. The lowest BCUT2D eigenvalue weighted by Crippen LogP contribution is -2.53. The van der Waals surface area contributed by atoms with Gasteiger partial charge in [-0.15, -0.1) is 0 Å². The van der Waals surface area contributed by atoms with Crippen LogP contribution < -0.4 is 10.8 Å². The molecule has 6 heteroatoms. The molecule has 5 nitrogen and oxygen atoms in total. The fraction of sp³-hybridized carbons (Fsp3) is 0.417. The van der Waals surface area contributed by atoms with Crippen molar-refractivity contribution in [1.29, 1.82) is 0 Å². The highest BCUT2D eigenvalue weighted by molar-refractivity contribution is 6.83. The Labute approximate surface area is 108 Å². The fourth-order valence-corrected chi connectivity index (χ4v) is 1.92. The van der Waals surface area contributed by atoms with Crippen molar-refractivity contribution in [2.75, 3.05) is 19.6 Å². The Morgan fingerprint density at radius 1 is 1.33 bits per heavy atom. The van der Waals surface area contributed by atoms with Crippen molar-refractivity contribution in [3.8, 4) is 0 Å². The third-order valence-electron chi connectivity index (χ3n) is 2.77. The monoisotopic (exact) mass is 251 g/mol. The van der Waals surface area contributed by atoms with E-state index in [1.54, 1.807) is 7.28 Å². The summed E-state index contributed by atoms with van der Waals surface area (Å²) in [6.07, 6.45) is 0. The predicted molar refractivity (Wildman–Crippen MR) is 73.5 cm³/mol. The van der Waals surface area contributed by atoms with E-state index in [0.29, 0.717) is 6.04 Å². The summed E-state index contributed by atoms with van der Waals surface area (Å²) in [5.41, 5.74) is 0.971. The quantitative estimate of drug-likeness (QED) is 0.667. The van der Waals surface area contributed by atoms with E-state index in [1.165, 1.54) is 0 Å². The highest BCUT2D eigenvalue weighted by atomic mass is 16.2. The molecule has 18 heavy (non-hydrogen) atoms. The first-order valence-corrected chi connectivity index (χ1v) is 5.68. The number of hydrogen-bond acceptors (Lipinski definition) is 2. The molecule has 0 bridgehead atoms. The molecular weight excluding hydrogens is 231 g/mol. The van der Waals surface area contributed by atoms with Crippen molar-refractivity contribution in [3.63, 3.8) is 0 Å². The lowest BCUT2D eigenvalue weighted by atomic mass is 9.69. The average Bonchev–Trinajstić information content (AvgIpc) is 2.30. The second-order valence-corrected chi connectivity index (χ2v) is 4.19. The number of nitrogens with zero attached hydrogens (tertiary/aromatic N) is 1. The van der Waals surface area contributed by atoms with Crippen LogP contribution in [0.2, 0.25) is 0 Å². The molecule has 1 aliphatic heterocycles. The molecular formula is C12H20BN2O3. The summed E-state index contributed by atoms with van der Waals surface area (Å²) in [6.45, 7) is 4.58. The van der Waals surface area contributed by atoms with Gasteiger partial charge in [0.2, 0.25) is 0 Å². The summed E-state index contributed by atoms with van der Waals surface area (Å²) in [6, 6.07) is 10.1. The predicted octanol–water partition coefficient (Wildman–Crippen LogP) is -1.22. The van der Waals surface area contributed by atoms with Gasteiger partial charge in [0, 0.05) is 25.7 Å². The Morgan fingerprint density at radius 3 is 2.61 bits per heavy atom. The number of rotatable bonds is 2. The zero-order chi connectivity index (χ0) is 11.4. The van der Waals surface area contributed by atoms with E-state index in [-0.39, 0.29) is 16.8 Å². The second kappa shape index (κ2) is 7.86. The Morgan fingerprint density at radius 2 is 2.00 bits per heavy atom. The summed E-state index contributed by atoms with van der Waals surface area (Å²) in [4.78, 5) is 13.9. The smallest absolute Gasteiger partial charge is 0.271 e. The van der Waals surface area contributed by atoms with Gasteiger partial charge in [-0.1, -0.05) is 35.8 Å². The maximum atomic E-state index is 12.0. The third kappa shape index (κ3) is 4.48. The van der Waals surface area contributed by atoms with Gasteiger partial charge in [-0.05, 0) is 6.92 Å². The number of carbonyl (C=O) groups excluding carboxylic acids is 1. The third-order valence-corrected chi connectivity index (χ3v) is 2.77. The van der Waals surface area contributed by atoms with Gasteiger partial charge in [0.05, 0.1) is 0 Å². The topological polar surface area (TPSA) is 95.3 Å². The minimum absolute atomic E-state index is 0. The van der Waals surface area contributed by atoms with E-state index in [0.717, 1.165) is 25.1 Å². The fourth-order valence-electron chi connectivity index (χ4n) is 1.92. The summed E-state index contributed by atoms with van der Waals surface area (Å²) < 4.78 is 0. The number of carbonyl (C=O) groups is 1. The molecule has 1 atom stereocenters. The van der Waals surface area contributed by atoms with Crippen LogP contribution in [0.25, 0.3) is 0 Å². The molecule has 0 aliphatic carbocycles. The first-order valence-electron chi connectivity index (χ1n) is 5.68. The van der Waals surface area contributed by atoms with Gasteiger partial charge >= 0.3 is 0 Å². The Kier molecular flexibility index (Phi) is 7.27. The Bertz CT molecular complexity index is 362. The maximum absolute atomic E-state index is 12.0. The summed E-state index contributed by atoms with van der Waals surface area (Å²) in [7, 11) is 1.71. The number of benzene rings is 1. The van der Waals surface area contributed by atoms with E-state index in [2.05, 4.69) is 12.2 Å². The van der Waals surface area contributed by atoms with Gasteiger partial charge in [0.15, 0.2) is 5.81 Å². The van der Waals surface area contributed by atoms with Crippen molar-refractivity contribution in [1.82, 2.24) is 10.2 Å². The van der Waals surface area contributed by atoms with Gasteiger partial charge < -0.3 is 21.2 Å². The van der Waals surface area contributed by atoms with Crippen LogP contribution in [0.1, 0.15) is 6.92 Å². The maximum Gasteiger partial charge on any atom is 0.271 e. The first-order chi connectivity index (χ1) is 7.75. The van der Waals surface area contributed by atoms with Crippen molar-refractivity contribution >= 4 is 18.5 Å². The lowest BCUT2D eigenvalue weighted by molar-refractivity contribution is 0.201. The molecule has 1 unspecified atom stereocenters.